The molecule has 1 aromatic heterocycles. The van der Waals surface area contributed by atoms with Gasteiger partial charge >= 0.3 is 5.97 Å². The lowest BCUT2D eigenvalue weighted by molar-refractivity contribution is -0.139. The van der Waals surface area contributed by atoms with E-state index in [1.807, 2.05) is 55.6 Å². The fourth-order valence-corrected chi connectivity index (χ4v) is 3.03. The minimum Gasteiger partial charge on any atom is -0.426 e. The van der Waals surface area contributed by atoms with Gasteiger partial charge in [-0.05, 0) is 55.1 Å². The third kappa shape index (κ3) is 4.00. The Morgan fingerprint density at radius 3 is 2.23 bits per heavy atom. The highest BCUT2D eigenvalue weighted by Crippen LogP contribution is 2.26. The first-order valence-corrected chi connectivity index (χ1v) is 9.07. The third-order valence-electron chi connectivity index (χ3n) is 4.07. The van der Waals surface area contributed by atoms with Crippen molar-refractivity contribution in [3.05, 3.63) is 82.6 Å². The molecule has 1 amide bonds. The molecule has 132 valence electrons. The predicted octanol–water partition coefficient (Wildman–Crippen LogP) is 4.88. The number of ether oxygens (including phenoxy) is 1. The Labute approximate surface area is 156 Å². The highest BCUT2D eigenvalue weighted by atomic mass is 32.1. The number of amides is 1. The summed E-state index contributed by atoms with van der Waals surface area (Å²) in [7, 11) is 0. The van der Waals surface area contributed by atoms with E-state index in [-0.39, 0.29) is 11.9 Å². The molecule has 5 heteroatoms. The first kappa shape index (κ1) is 17.9. The van der Waals surface area contributed by atoms with Crippen LogP contribution >= 0.6 is 11.3 Å². The van der Waals surface area contributed by atoms with Crippen LogP contribution in [0.4, 0.5) is 5.69 Å². The fraction of sp³-hybridized carbons (Fsp3) is 0.143. The van der Waals surface area contributed by atoms with Crippen molar-refractivity contribution in [2.45, 2.75) is 19.3 Å². The molecule has 1 heterocycles. The molecule has 3 rings (SSSR count). The van der Waals surface area contributed by atoms with Crippen molar-refractivity contribution in [1.82, 2.24) is 0 Å². The Kier molecular flexibility index (Phi) is 5.19. The molecule has 0 aliphatic heterocycles. The first-order valence-electron chi connectivity index (χ1n) is 8.19. The van der Waals surface area contributed by atoms with Crippen LogP contribution in [-0.4, -0.2) is 11.9 Å². The van der Waals surface area contributed by atoms with Gasteiger partial charge in [0.1, 0.15) is 5.75 Å². The zero-order valence-electron chi connectivity index (χ0n) is 14.6. The number of esters is 1. The second kappa shape index (κ2) is 7.54. The SMILES string of the molecule is CC(C)(C(=O)Oc1ccc(NC(=O)c2cccs2)cc1)c1ccccc1. The van der Waals surface area contributed by atoms with E-state index in [1.165, 1.54) is 11.3 Å². The summed E-state index contributed by atoms with van der Waals surface area (Å²) in [6.07, 6.45) is 0. The monoisotopic (exact) mass is 365 g/mol. The summed E-state index contributed by atoms with van der Waals surface area (Å²) in [5.41, 5.74) is 0.781. The molecule has 0 saturated heterocycles. The van der Waals surface area contributed by atoms with Crippen molar-refractivity contribution in [2.24, 2.45) is 0 Å². The molecule has 2 aromatic carbocycles. The molecule has 0 atom stereocenters. The van der Waals surface area contributed by atoms with Crippen molar-refractivity contribution in [3.8, 4) is 5.75 Å². The number of anilines is 1. The molecule has 0 fully saturated rings. The Hall–Kier alpha value is -2.92. The number of hydrogen-bond donors (Lipinski definition) is 1. The summed E-state index contributed by atoms with van der Waals surface area (Å²) < 4.78 is 5.52. The number of carbonyl (C=O) groups excluding carboxylic acids is 2. The zero-order valence-corrected chi connectivity index (χ0v) is 15.4. The molecule has 0 aliphatic rings. The first-order chi connectivity index (χ1) is 12.5. The van der Waals surface area contributed by atoms with Gasteiger partial charge in [0.15, 0.2) is 0 Å². The van der Waals surface area contributed by atoms with Gasteiger partial charge in [0.2, 0.25) is 0 Å². The lowest BCUT2D eigenvalue weighted by Gasteiger charge is -2.23. The summed E-state index contributed by atoms with van der Waals surface area (Å²) in [6, 6.07) is 19.9. The molecule has 0 spiro atoms. The number of carbonyl (C=O) groups is 2. The zero-order chi connectivity index (χ0) is 18.6. The van der Waals surface area contributed by atoms with Crippen LogP contribution in [0.15, 0.2) is 72.1 Å². The van der Waals surface area contributed by atoms with Crippen LogP contribution in [0.2, 0.25) is 0 Å². The molecular weight excluding hydrogens is 346 g/mol. The van der Waals surface area contributed by atoms with Crippen LogP contribution in [0.25, 0.3) is 0 Å². The van der Waals surface area contributed by atoms with Gasteiger partial charge in [0, 0.05) is 5.69 Å². The molecule has 0 radical (unpaired) electrons. The van der Waals surface area contributed by atoms with E-state index in [2.05, 4.69) is 5.32 Å². The van der Waals surface area contributed by atoms with Crippen LogP contribution in [0.3, 0.4) is 0 Å². The van der Waals surface area contributed by atoms with Crippen molar-refractivity contribution < 1.29 is 14.3 Å². The number of nitrogens with one attached hydrogen (secondary N) is 1. The Bertz CT molecular complexity index is 885. The third-order valence-corrected chi connectivity index (χ3v) is 4.94. The van der Waals surface area contributed by atoms with Crippen molar-refractivity contribution >= 4 is 28.9 Å². The van der Waals surface area contributed by atoms with Crippen molar-refractivity contribution in [2.75, 3.05) is 5.32 Å². The maximum Gasteiger partial charge on any atom is 0.321 e. The quantitative estimate of drug-likeness (QED) is 0.518. The average Bonchev–Trinajstić information content (AvgIpc) is 3.19. The van der Waals surface area contributed by atoms with E-state index < -0.39 is 5.41 Å². The summed E-state index contributed by atoms with van der Waals surface area (Å²) in [6.45, 7) is 3.67. The number of hydrogen-bond acceptors (Lipinski definition) is 4. The minimum atomic E-state index is -0.757. The maximum atomic E-state index is 12.6. The summed E-state index contributed by atoms with van der Waals surface area (Å²) in [5, 5.41) is 4.67. The molecular formula is C21H19NO3S. The molecule has 0 bridgehead atoms. The summed E-state index contributed by atoms with van der Waals surface area (Å²) in [4.78, 5) is 25.2. The van der Waals surface area contributed by atoms with Crippen LogP contribution in [0, 0.1) is 0 Å². The molecule has 0 unspecified atom stereocenters. The number of benzene rings is 2. The van der Waals surface area contributed by atoms with Gasteiger partial charge in [-0.25, -0.2) is 0 Å². The largest absolute Gasteiger partial charge is 0.426 e. The lowest BCUT2D eigenvalue weighted by Crippen LogP contribution is -2.33. The van der Waals surface area contributed by atoms with Crippen LogP contribution < -0.4 is 10.1 Å². The Balaban J connectivity index is 1.65. The molecule has 4 nitrogen and oxygen atoms in total. The van der Waals surface area contributed by atoms with Gasteiger partial charge in [-0.15, -0.1) is 11.3 Å². The van der Waals surface area contributed by atoms with Crippen molar-refractivity contribution in [1.29, 1.82) is 0 Å². The van der Waals surface area contributed by atoms with Crippen LogP contribution in [-0.2, 0) is 10.2 Å². The average molecular weight is 365 g/mol. The fourth-order valence-electron chi connectivity index (χ4n) is 2.41. The van der Waals surface area contributed by atoms with E-state index in [9.17, 15) is 9.59 Å². The van der Waals surface area contributed by atoms with Gasteiger partial charge in [-0.3, -0.25) is 9.59 Å². The highest BCUT2D eigenvalue weighted by molar-refractivity contribution is 7.12. The van der Waals surface area contributed by atoms with Crippen molar-refractivity contribution in [3.63, 3.8) is 0 Å². The smallest absolute Gasteiger partial charge is 0.321 e. The van der Waals surface area contributed by atoms with E-state index in [4.69, 9.17) is 4.74 Å². The number of thiophene rings is 1. The predicted molar refractivity (Wildman–Crippen MR) is 104 cm³/mol. The maximum absolute atomic E-state index is 12.6. The molecule has 1 N–H and O–H groups in total. The molecule has 3 aromatic rings. The standard InChI is InChI=1S/C21H19NO3S/c1-21(2,15-7-4-3-5-8-15)20(24)25-17-12-10-16(11-13-17)22-19(23)18-9-6-14-26-18/h3-14H,1-2H3,(H,22,23). The minimum absolute atomic E-state index is 0.157. The van der Waals surface area contributed by atoms with Gasteiger partial charge < -0.3 is 10.1 Å². The lowest BCUT2D eigenvalue weighted by atomic mass is 9.85. The van der Waals surface area contributed by atoms with Gasteiger partial charge in [-0.1, -0.05) is 36.4 Å². The Morgan fingerprint density at radius 2 is 1.62 bits per heavy atom. The van der Waals surface area contributed by atoms with Gasteiger partial charge in [0.05, 0.1) is 10.3 Å². The van der Waals surface area contributed by atoms with E-state index in [0.29, 0.717) is 16.3 Å². The second-order valence-electron chi connectivity index (χ2n) is 6.34. The topological polar surface area (TPSA) is 55.4 Å². The van der Waals surface area contributed by atoms with E-state index >= 15 is 0 Å². The summed E-state index contributed by atoms with van der Waals surface area (Å²) >= 11 is 1.38. The normalized spacial score (nSPS) is 11.0. The second-order valence-corrected chi connectivity index (χ2v) is 7.28. The van der Waals surface area contributed by atoms with Crippen LogP contribution in [0.5, 0.6) is 5.75 Å². The van der Waals surface area contributed by atoms with E-state index in [1.54, 1.807) is 30.3 Å². The van der Waals surface area contributed by atoms with E-state index in [0.717, 1.165) is 5.56 Å². The van der Waals surface area contributed by atoms with Gasteiger partial charge in [0.25, 0.3) is 5.91 Å². The summed E-state index contributed by atoms with van der Waals surface area (Å²) in [5.74, 6) is -0.0536. The molecule has 0 aliphatic carbocycles. The number of rotatable bonds is 5. The Morgan fingerprint density at radius 1 is 0.923 bits per heavy atom. The molecule has 26 heavy (non-hydrogen) atoms. The molecule has 0 saturated carbocycles. The van der Waals surface area contributed by atoms with Gasteiger partial charge in [-0.2, -0.15) is 0 Å². The highest BCUT2D eigenvalue weighted by Gasteiger charge is 2.31. The van der Waals surface area contributed by atoms with Crippen LogP contribution in [0.1, 0.15) is 29.1 Å².